The number of hydrogen-bond acceptors (Lipinski definition) is 4. The van der Waals surface area contributed by atoms with Crippen molar-refractivity contribution in [3.8, 4) is 17.2 Å². The highest BCUT2D eigenvalue weighted by atomic mass is 16.5. The molecule has 0 bridgehead atoms. The van der Waals surface area contributed by atoms with Crippen LogP contribution in [0, 0.1) is 13.8 Å². The van der Waals surface area contributed by atoms with E-state index in [1.807, 2.05) is 58.0 Å². The summed E-state index contributed by atoms with van der Waals surface area (Å²) in [5.41, 5.74) is 2.78. The van der Waals surface area contributed by atoms with Crippen LogP contribution in [0.1, 0.15) is 43.0 Å². The van der Waals surface area contributed by atoms with Crippen molar-refractivity contribution in [3.63, 3.8) is 0 Å². The molecule has 0 aliphatic carbocycles. The molecule has 1 atom stereocenters. The Morgan fingerprint density at radius 3 is 2.52 bits per heavy atom. The molecule has 27 heavy (non-hydrogen) atoms. The molecule has 0 saturated heterocycles. The fraction of sp³-hybridized carbons (Fsp3) is 0.409. The van der Waals surface area contributed by atoms with E-state index in [0.29, 0.717) is 12.2 Å². The van der Waals surface area contributed by atoms with Gasteiger partial charge < -0.3 is 19.5 Å². The average molecular weight is 369 g/mol. The molecule has 3 rings (SSSR count). The average Bonchev–Trinajstić information content (AvgIpc) is 2.58. The van der Waals surface area contributed by atoms with Crippen molar-refractivity contribution >= 4 is 5.91 Å². The van der Waals surface area contributed by atoms with Gasteiger partial charge in [-0.15, -0.1) is 0 Å². The molecule has 0 radical (unpaired) electrons. The van der Waals surface area contributed by atoms with Crippen molar-refractivity contribution in [3.05, 3.63) is 53.1 Å². The van der Waals surface area contributed by atoms with Crippen LogP contribution in [0.3, 0.4) is 0 Å². The third kappa shape index (κ3) is 4.73. The molecule has 0 aromatic heterocycles. The highest BCUT2D eigenvalue weighted by Gasteiger charge is 2.34. The minimum atomic E-state index is -0.367. The molecule has 1 amide bonds. The Hall–Kier alpha value is -2.69. The van der Waals surface area contributed by atoms with E-state index in [0.717, 1.165) is 28.2 Å². The summed E-state index contributed by atoms with van der Waals surface area (Å²) >= 11 is 0. The predicted octanol–water partition coefficient (Wildman–Crippen LogP) is 4.11. The lowest BCUT2D eigenvalue weighted by Crippen LogP contribution is -2.42. The first kappa shape index (κ1) is 19.1. The molecular weight excluding hydrogens is 342 g/mol. The number of methoxy groups -OCH3 is 1. The fourth-order valence-electron chi connectivity index (χ4n) is 3.49. The van der Waals surface area contributed by atoms with Gasteiger partial charge in [0.2, 0.25) is 0 Å². The van der Waals surface area contributed by atoms with Crippen LogP contribution in [0.15, 0.2) is 36.4 Å². The van der Waals surface area contributed by atoms with Crippen LogP contribution in [0.25, 0.3) is 0 Å². The Labute approximate surface area is 160 Å². The number of nitrogens with one attached hydrogen (secondary N) is 1. The predicted molar refractivity (Wildman–Crippen MR) is 105 cm³/mol. The first-order valence-corrected chi connectivity index (χ1v) is 9.13. The summed E-state index contributed by atoms with van der Waals surface area (Å²) < 4.78 is 17.1. The molecular formula is C22H27NO4. The largest absolute Gasteiger partial charge is 0.497 e. The zero-order chi connectivity index (χ0) is 19.6. The third-order valence-corrected chi connectivity index (χ3v) is 4.57. The minimum Gasteiger partial charge on any atom is -0.497 e. The van der Waals surface area contributed by atoms with E-state index >= 15 is 0 Å². The van der Waals surface area contributed by atoms with Crippen molar-refractivity contribution in [1.82, 2.24) is 5.32 Å². The van der Waals surface area contributed by atoms with Gasteiger partial charge in [0.25, 0.3) is 5.91 Å². The van der Waals surface area contributed by atoms with E-state index in [-0.39, 0.29) is 24.2 Å². The van der Waals surface area contributed by atoms with Crippen molar-refractivity contribution < 1.29 is 19.0 Å². The first-order valence-electron chi connectivity index (χ1n) is 9.13. The quantitative estimate of drug-likeness (QED) is 0.862. The lowest BCUT2D eigenvalue weighted by Gasteiger charge is -2.38. The van der Waals surface area contributed by atoms with Gasteiger partial charge in [-0.1, -0.05) is 6.07 Å². The Morgan fingerprint density at radius 2 is 1.85 bits per heavy atom. The summed E-state index contributed by atoms with van der Waals surface area (Å²) in [6.45, 7) is 8.03. The molecule has 0 fully saturated rings. The normalized spacial score (nSPS) is 17.4. The summed E-state index contributed by atoms with van der Waals surface area (Å²) in [5, 5.41) is 3.08. The monoisotopic (exact) mass is 369 g/mol. The smallest absolute Gasteiger partial charge is 0.258 e. The summed E-state index contributed by atoms with van der Waals surface area (Å²) in [6, 6.07) is 11.4. The minimum absolute atomic E-state index is 0.0278. The van der Waals surface area contributed by atoms with Crippen molar-refractivity contribution in [2.24, 2.45) is 0 Å². The molecule has 1 heterocycles. The number of aryl methyl sites for hydroxylation is 2. The van der Waals surface area contributed by atoms with E-state index < -0.39 is 0 Å². The summed E-state index contributed by atoms with van der Waals surface area (Å²) in [4.78, 5) is 12.5. The molecule has 0 spiro atoms. The van der Waals surface area contributed by atoms with Gasteiger partial charge in [-0.3, -0.25) is 4.79 Å². The zero-order valence-corrected chi connectivity index (χ0v) is 16.6. The zero-order valence-electron chi connectivity index (χ0n) is 16.6. The highest BCUT2D eigenvalue weighted by Crippen LogP contribution is 2.41. The Kier molecular flexibility index (Phi) is 5.31. The number of hydrogen-bond donors (Lipinski definition) is 1. The van der Waals surface area contributed by atoms with Crippen LogP contribution in [0.2, 0.25) is 0 Å². The Balaban J connectivity index is 1.71. The standard InChI is InChI=1S/C22H27NO4/c1-14-8-15(2)10-17(9-14)26-13-21(24)23-19-12-22(3,4)27-20-7-6-16(25-5)11-18(19)20/h6-11,19H,12-13H2,1-5H3,(H,23,24)/t19-/m1/s1. The second-order valence-electron chi connectivity index (χ2n) is 7.70. The number of carbonyl (C=O) groups is 1. The van der Waals surface area contributed by atoms with Crippen LogP contribution < -0.4 is 19.5 Å². The van der Waals surface area contributed by atoms with E-state index in [1.54, 1.807) is 7.11 Å². The van der Waals surface area contributed by atoms with Gasteiger partial charge in [0.15, 0.2) is 6.61 Å². The van der Waals surface area contributed by atoms with Crippen molar-refractivity contribution in [2.45, 2.75) is 45.8 Å². The maximum atomic E-state index is 12.5. The van der Waals surface area contributed by atoms with Gasteiger partial charge in [-0.2, -0.15) is 0 Å². The topological polar surface area (TPSA) is 56.8 Å². The van der Waals surface area contributed by atoms with Gasteiger partial charge in [-0.05, 0) is 69.2 Å². The number of fused-ring (bicyclic) bond motifs is 1. The molecule has 1 aliphatic rings. The van der Waals surface area contributed by atoms with E-state index in [4.69, 9.17) is 14.2 Å². The summed E-state index contributed by atoms with van der Waals surface area (Å²) in [5.74, 6) is 2.05. The van der Waals surface area contributed by atoms with E-state index in [2.05, 4.69) is 11.4 Å². The highest BCUT2D eigenvalue weighted by molar-refractivity contribution is 5.78. The first-order chi connectivity index (χ1) is 12.8. The molecule has 0 saturated carbocycles. The second-order valence-corrected chi connectivity index (χ2v) is 7.70. The maximum Gasteiger partial charge on any atom is 0.258 e. The van der Waals surface area contributed by atoms with Crippen LogP contribution in [-0.4, -0.2) is 25.2 Å². The van der Waals surface area contributed by atoms with Crippen LogP contribution >= 0.6 is 0 Å². The summed E-state index contributed by atoms with van der Waals surface area (Å²) in [7, 11) is 1.63. The van der Waals surface area contributed by atoms with Gasteiger partial charge in [0, 0.05) is 12.0 Å². The number of carbonyl (C=O) groups excluding carboxylic acids is 1. The molecule has 5 nitrogen and oxygen atoms in total. The lowest BCUT2D eigenvalue weighted by molar-refractivity contribution is -0.124. The SMILES string of the molecule is COc1ccc2c(c1)[C@H](NC(=O)COc1cc(C)cc(C)c1)CC(C)(C)O2. The molecule has 1 aliphatic heterocycles. The number of ether oxygens (including phenoxy) is 3. The summed E-state index contributed by atoms with van der Waals surface area (Å²) in [6.07, 6.45) is 0.669. The maximum absolute atomic E-state index is 12.5. The number of amides is 1. The Bertz CT molecular complexity index is 824. The Morgan fingerprint density at radius 1 is 1.15 bits per heavy atom. The molecule has 2 aromatic carbocycles. The third-order valence-electron chi connectivity index (χ3n) is 4.57. The van der Waals surface area contributed by atoms with Crippen LogP contribution in [-0.2, 0) is 4.79 Å². The van der Waals surface area contributed by atoms with Gasteiger partial charge in [-0.25, -0.2) is 0 Å². The molecule has 144 valence electrons. The van der Waals surface area contributed by atoms with E-state index in [9.17, 15) is 4.79 Å². The molecule has 2 aromatic rings. The lowest BCUT2D eigenvalue weighted by atomic mass is 9.89. The van der Waals surface area contributed by atoms with Crippen LogP contribution in [0.4, 0.5) is 0 Å². The number of rotatable bonds is 5. The van der Waals surface area contributed by atoms with Crippen molar-refractivity contribution in [1.29, 1.82) is 0 Å². The number of benzene rings is 2. The molecule has 5 heteroatoms. The van der Waals surface area contributed by atoms with E-state index in [1.165, 1.54) is 0 Å². The van der Waals surface area contributed by atoms with Gasteiger partial charge >= 0.3 is 0 Å². The van der Waals surface area contributed by atoms with Crippen molar-refractivity contribution in [2.75, 3.05) is 13.7 Å². The fourth-order valence-corrected chi connectivity index (χ4v) is 3.49. The van der Waals surface area contributed by atoms with Gasteiger partial charge in [0.1, 0.15) is 22.8 Å². The molecule has 1 N–H and O–H groups in total. The van der Waals surface area contributed by atoms with Gasteiger partial charge in [0.05, 0.1) is 13.2 Å². The second kappa shape index (κ2) is 7.51. The molecule has 0 unspecified atom stereocenters. The van der Waals surface area contributed by atoms with Crippen LogP contribution in [0.5, 0.6) is 17.2 Å².